The van der Waals surface area contributed by atoms with E-state index in [4.69, 9.17) is 4.98 Å². The van der Waals surface area contributed by atoms with E-state index in [1.54, 1.807) is 0 Å². The van der Waals surface area contributed by atoms with Gasteiger partial charge in [-0.15, -0.1) is 0 Å². The highest BCUT2D eigenvalue weighted by atomic mass is 14.8. The van der Waals surface area contributed by atoms with Gasteiger partial charge in [-0.3, -0.25) is 0 Å². The molecule has 0 fully saturated rings. The third-order valence-corrected chi connectivity index (χ3v) is 3.97. The zero-order valence-corrected chi connectivity index (χ0v) is 12.7. The molecule has 2 heteroatoms. The fraction of sp³-hybridized carbons (Fsp3) is 0.368. The number of aryl methyl sites for hydroxylation is 1. The number of fused-ring (bicyclic) bond motifs is 2. The van der Waals surface area contributed by atoms with Crippen LogP contribution in [0.25, 0.3) is 22.1 Å². The van der Waals surface area contributed by atoms with Crippen LogP contribution in [-0.2, 0) is 6.42 Å². The van der Waals surface area contributed by atoms with Crippen LogP contribution in [0.4, 0.5) is 0 Å². The van der Waals surface area contributed by atoms with Crippen molar-refractivity contribution < 1.29 is 0 Å². The SMILES string of the molecule is CCCCCCCc1ccc2nc3ccccc3nc2c1. The second-order valence-electron chi connectivity index (χ2n) is 5.70. The summed E-state index contributed by atoms with van der Waals surface area (Å²) in [6, 6.07) is 14.6. The predicted molar refractivity (Wildman–Crippen MR) is 89.5 cm³/mol. The lowest BCUT2D eigenvalue weighted by molar-refractivity contribution is 0.632. The van der Waals surface area contributed by atoms with E-state index in [1.165, 1.54) is 37.7 Å². The first-order valence-electron chi connectivity index (χ1n) is 8.02. The van der Waals surface area contributed by atoms with E-state index in [0.717, 1.165) is 28.5 Å². The third-order valence-electron chi connectivity index (χ3n) is 3.97. The fourth-order valence-electron chi connectivity index (χ4n) is 2.75. The molecular formula is C19H22N2. The molecule has 2 aromatic carbocycles. The Morgan fingerprint density at radius 2 is 1.38 bits per heavy atom. The van der Waals surface area contributed by atoms with E-state index in [0.29, 0.717) is 0 Å². The number of nitrogens with zero attached hydrogens (tertiary/aromatic N) is 2. The van der Waals surface area contributed by atoms with E-state index in [2.05, 4.69) is 30.1 Å². The van der Waals surface area contributed by atoms with Crippen LogP contribution >= 0.6 is 0 Å². The van der Waals surface area contributed by atoms with Gasteiger partial charge in [0.15, 0.2) is 0 Å². The van der Waals surface area contributed by atoms with Gasteiger partial charge in [-0.25, -0.2) is 9.97 Å². The molecule has 0 amide bonds. The Labute approximate surface area is 126 Å². The van der Waals surface area contributed by atoms with Gasteiger partial charge in [-0.1, -0.05) is 50.8 Å². The molecule has 0 bridgehead atoms. The molecule has 0 unspecified atom stereocenters. The highest BCUT2D eigenvalue weighted by Crippen LogP contribution is 2.18. The number of para-hydroxylation sites is 2. The summed E-state index contributed by atoms with van der Waals surface area (Å²) in [7, 11) is 0. The lowest BCUT2D eigenvalue weighted by Gasteiger charge is -2.05. The zero-order valence-electron chi connectivity index (χ0n) is 12.7. The topological polar surface area (TPSA) is 25.8 Å². The summed E-state index contributed by atoms with van der Waals surface area (Å²) in [5, 5.41) is 0. The molecule has 0 aliphatic carbocycles. The maximum absolute atomic E-state index is 4.73. The number of rotatable bonds is 6. The van der Waals surface area contributed by atoms with Gasteiger partial charge < -0.3 is 0 Å². The van der Waals surface area contributed by atoms with Gasteiger partial charge >= 0.3 is 0 Å². The quantitative estimate of drug-likeness (QED) is 0.452. The van der Waals surface area contributed by atoms with Gasteiger partial charge in [0, 0.05) is 0 Å². The van der Waals surface area contributed by atoms with Crippen molar-refractivity contribution in [1.29, 1.82) is 0 Å². The average molecular weight is 278 g/mol. The normalized spacial score (nSPS) is 11.3. The average Bonchev–Trinajstić information content (AvgIpc) is 2.52. The Morgan fingerprint density at radius 1 is 0.714 bits per heavy atom. The van der Waals surface area contributed by atoms with Crippen molar-refractivity contribution in [3.8, 4) is 0 Å². The lowest BCUT2D eigenvalue weighted by atomic mass is 10.0. The lowest BCUT2D eigenvalue weighted by Crippen LogP contribution is -1.91. The Balaban J connectivity index is 1.77. The van der Waals surface area contributed by atoms with Crippen LogP contribution < -0.4 is 0 Å². The molecule has 21 heavy (non-hydrogen) atoms. The number of hydrogen-bond acceptors (Lipinski definition) is 2. The fourth-order valence-corrected chi connectivity index (χ4v) is 2.75. The van der Waals surface area contributed by atoms with Crippen molar-refractivity contribution >= 4 is 22.1 Å². The molecule has 0 spiro atoms. The third kappa shape index (κ3) is 3.38. The predicted octanol–water partition coefficient (Wildman–Crippen LogP) is 5.30. The molecule has 3 aromatic rings. The monoisotopic (exact) mass is 278 g/mol. The molecule has 0 saturated heterocycles. The van der Waals surface area contributed by atoms with Gasteiger partial charge in [-0.2, -0.15) is 0 Å². The van der Waals surface area contributed by atoms with E-state index >= 15 is 0 Å². The molecule has 0 aliphatic rings. The van der Waals surface area contributed by atoms with E-state index in [9.17, 15) is 0 Å². The van der Waals surface area contributed by atoms with Gasteiger partial charge in [0.25, 0.3) is 0 Å². The highest BCUT2D eigenvalue weighted by molar-refractivity contribution is 5.86. The van der Waals surface area contributed by atoms with E-state index in [-0.39, 0.29) is 0 Å². The maximum Gasteiger partial charge on any atom is 0.0897 e. The van der Waals surface area contributed by atoms with E-state index in [1.807, 2.05) is 24.3 Å². The summed E-state index contributed by atoms with van der Waals surface area (Å²) in [4.78, 5) is 9.41. The molecule has 108 valence electrons. The highest BCUT2D eigenvalue weighted by Gasteiger charge is 2.02. The van der Waals surface area contributed by atoms with Gasteiger partial charge in [0.1, 0.15) is 0 Å². The number of hydrogen-bond donors (Lipinski definition) is 0. The summed E-state index contributed by atoms with van der Waals surface area (Å²) in [5.41, 5.74) is 5.33. The second kappa shape index (κ2) is 6.66. The van der Waals surface area contributed by atoms with Crippen molar-refractivity contribution in [3.05, 3.63) is 48.0 Å². The Hall–Kier alpha value is -1.96. The molecule has 2 nitrogen and oxygen atoms in total. The summed E-state index contributed by atoms with van der Waals surface area (Å²) in [5.74, 6) is 0. The molecule has 1 heterocycles. The van der Waals surface area contributed by atoms with Gasteiger partial charge in [0.2, 0.25) is 0 Å². The molecule has 0 saturated carbocycles. The van der Waals surface area contributed by atoms with E-state index < -0.39 is 0 Å². The van der Waals surface area contributed by atoms with Crippen LogP contribution in [0.3, 0.4) is 0 Å². The Bertz CT molecular complexity index is 734. The van der Waals surface area contributed by atoms with Crippen molar-refractivity contribution in [1.82, 2.24) is 9.97 Å². The van der Waals surface area contributed by atoms with Crippen molar-refractivity contribution in [2.75, 3.05) is 0 Å². The summed E-state index contributed by atoms with van der Waals surface area (Å²) < 4.78 is 0. The summed E-state index contributed by atoms with van der Waals surface area (Å²) in [6.07, 6.45) is 7.76. The number of benzene rings is 2. The minimum absolute atomic E-state index is 0.970. The molecule has 3 rings (SSSR count). The minimum atomic E-state index is 0.970. The first kappa shape index (κ1) is 14.0. The first-order chi connectivity index (χ1) is 10.4. The molecule has 0 atom stereocenters. The van der Waals surface area contributed by atoms with Crippen molar-refractivity contribution in [2.45, 2.75) is 45.4 Å². The van der Waals surface area contributed by atoms with Crippen LogP contribution in [-0.4, -0.2) is 9.97 Å². The largest absolute Gasteiger partial charge is 0.245 e. The molecule has 0 radical (unpaired) electrons. The van der Waals surface area contributed by atoms with Gasteiger partial charge in [-0.05, 0) is 42.7 Å². The van der Waals surface area contributed by atoms with Gasteiger partial charge in [0.05, 0.1) is 22.1 Å². The summed E-state index contributed by atoms with van der Waals surface area (Å²) in [6.45, 7) is 2.26. The number of aromatic nitrogens is 2. The molecule has 1 aromatic heterocycles. The molecular weight excluding hydrogens is 256 g/mol. The minimum Gasteiger partial charge on any atom is -0.245 e. The second-order valence-corrected chi connectivity index (χ2v) is 5.70. The van der Waals surface area contributed by atoms with Crippen LogP contribution in [0.15, 0.2) is 42.5 Å². The number of unbranched alkanes of at least 4 members (excludes halogenated alkanes) is 4. The zero-order chi connectivity index (χ0) is 14.5. The Morgan fingerprint density at radius 3 is 2.14 bits per heavy atom. The maximum atomic E-state index is 4.73. The summed E-state index contributed by atoms with van der Waals surface area (Å²) >= 11 is 0. The Kier molecular flexibility index (Phi) is 4.44. The van der Waals surface area contributed by atoms with Crippen molar-refractivity contribution in [3.63, 3.8) is 0 Å². The van der Waals surface area contributed by atoms with Crippen molar-refractivity contribution in [2.24, 2.45) is 0 Å². The van der Waals surface area contributed by atoms with Crippen LogP contribution in [0, 0.1) is 0 Å². The molecule has 0 N–H and O–H groups in total. The first-order valence-corrected chi connectivity index (χ1v) is 8.02. The standard InChI is InChI=1S/C19H22N2/c1-2-3-4-5-6-9-15-12-13-18-19(14-15)21-17-11-8-7-10-16(17)20-18/h7-8,10-14H,2-6,9H2,1H3. The van der Waals surface area contributed by atoms with Crippen LogP contribution in [0.5, 0.6) is 0 Å². The van der Waals surface area contributed by atoms with Crippen LogP contribution in [0.2, 0.25) is 0 Å². The smallest absolute Gasteiger partial charge is 0.0897 e. The molecule has 0 aliphatic heterocycles. The van der Waals surface area contributed by atoms with Crippen LogP contribution in [0.1, 0.15) is 44.6 Å².